The number of urea groups is 1. The molecule has 1 aliphatic heterocycles. The zero-order chi connectivity index (χ0) is 29.7. The molecule has 3 atom stereocenters. The first-order chi connectivity index (χ1) is 19.5. The lowest BCUT2D eigenvalue weighted by molar-refractivity contribution is -0.134. The Kier molecular flexibility index (Phi) is 9.17. The molecule has 3 heterocycles. The largest absolute Gasteiger partial charge is 0.488 e. The van der Waals surface area contributed by atoms with Gasteiger partial charge in [0.2, 0.25) is 11.8 Å². The summed E-state index contributed by atoms with van der Waals surface area (Å²) in [5, 5.41) is 30.1. The number of anilines is 2. The van der Waals surface area contributed by atoms with E-state index in [0.717, 1.165) is 0 Å². The van der Waals surface area contributed by atoms with Crippen LogP contribution in [0.3, 0.4) is 0 Å². The fraction of sp³-hybridized carbons (Fsp3) is 0.500. The van der Waals surface area contributed by atoms with E-state index in [1.165, 1.54) is 15.9 Å². The van der Waals surface area contributed by atoms with Crippen molar-refractivity contribution in [3.05, 3.63) is 41.5 Å². The Morgan fingerprint density at radius 3 is 2.71 bits per heavy atom. The Hall–Kier alpha value is -4.53. The number of aromatic nitrogens is 5. The molecular weight excluding hydrogens is 534 g/mol. The fourth-order valence-corrected chi connectivity index (χ4v) is 4.54. The molecule has 220 valence electrons. The van der Waals surface area contributed by atoms with Crippen molar-refractivity contribution < 1.29 is 28.8 Å². The lowest BCUT2D eigenvalue weighted by atomic mass is 10.0. The Balaban J connectivity index is 1.57. The second-order valence-electron chi connectivity index (χ2n) is 10.3. The minimum Gasteiger partial charge on any atom is -0.488 e. The Bertz CT molecular complexity index is 1360. The molecule has 2 aromatic heterocycles. The number of hydrogen-bond donors (Lipinski definition) is 3. The SMILES string of the molecule is Cc1noc(C)c1NC(=O)N(C)C[C@H]1Oc2ccc(NC(=O)Cn3cnnn3)cc2CC(=O)N([C@@H](C)CO)C[C@H]1C. The van der Waals surface area contributed by atoms with Gasteiger partial charge in [0, 0.05) is 30.8 Å². The molecule has 3 aromatic rings. The van der Waals surface area contributed by atoms with Gasteiger partial charge in [0.05, 0.1) is 25.6 Å². The highest BCUT2D eigenvalue weighted by molar-refractivity contribution is 5.91. The number of amides is 4. The molecule has 0 unspecified atom stereocenters. The number of carbonyl (C=O) groups is 3. The highest BCUT2D eigenvalue weighted by Crippen LogP contribution is 2.29. The van der Waals surface area contributed by atoms with Crippen molar-refractivity contribution in [3.8, 4) is 5.75 Å². The van der Waals surface area contributed by atoms with Gasteiger partial charge in [-0.2, -0.15) is 0 Å². The van der Waals surface area contributed by atoms with Crippen LogP contribution in [0.25, 0.3) is 0 Å². The number of carbonyl (C=O) groups excluding carboxylic acids is 3. The average Bonchev–Trinajstić information content (AvgIpc) is 3.57. The van der Waals surface area contributed by atoms with Gasteiger partial charge in [0.1, 0.15) is 36.1 Å². The van der Waals surface area contributed by atoms with E-state index in [1.807, 2.05) is 6.92 Å². The molecular formula is C26H35N9O6. The van der Waals surface area contributed by atoms with E-state index >= 15 is 0 Å². The van der Waals surface area contributed by atoms with Crippen LogP contribution in [0.2, 0.25) is 0 Å². The van der Waals surface area contributed by atoms with Gasteiger partial charge >= 0.3 is 6.03 Å². The standard InChI is InChI=1S/C26H35N9O6/c1-15-10-35(16(2)13-36)24(38)9-19-8-20(28-23(37)12-34-14-27-31-32-34)6-7-21(19)40-22(15)11-33(5)26(39)29-25-17(3)30-41-18(25)4/h6-8,14-16,22,36H,9-13H2,1-5H3,(H,28,37)(H,29,39)/t15-,16+,22-/m1/s1. The number of likely N-dealkylation sites (N-methyl/N-ethyl adjacent to an activating group) is 1. The van der Waals surface area contributed by atoms with E-state index < -0.39 is 12.1 Å². The number of nitrogens with zero attached hydrogens (tertiary/aromatic N) is 7. The van der Waals surface area contributed by atoms with Gasteiger partial charge in [0.25, 0.3) is 0 Å². The van der Waals surface area contributed by atoms with Crippen LogP contribution in [-0.2, 0) is 22.6 Å². The van der Waals surface area contributed by atoms with Crippen molar-refractivity contribution in [1.82, 2.24) is 35.2 Å². The van der Waals surface area contributed by atoms with Crippen LogP contribution in [0.5, 0.6) is 5.75 Å². The number of benzene rings is 1. The van der Waals surface area contributed by atoms with Crippen LogP contribution in [0.4, 0.5) is 16.2 Å². The van der Waals surface area contributed by atoms with Crippen molar-refractivity contribution in [3.63, 3.8) is 0 Å². The highest BCUT2D eigenvalue weighted by atomic mass is 16.5. The first kappa shape index (κ1) is 29.5. The molecule has 3 N–H and O–H groups in total. The fourth-order valence-electron chi connectivity index (χ4n) is 4.54. The van der Waals surface area contributed by atoms with Gasteiger partial charge in [-0.15, -0.1) is 5.10 Å². The highest BCUT2D eigenvalue weighted by Gasteiger charge is 2.32. The molecule has 0 radical (unpaired) electrons. The Labute approximate surface area is 236 Å². The number of hydrogen-bond acceptors (Lipinski definition) is 10. The van der Waals surface area contributed by atoms with Crippen LogP contribution in [0.1, 0.15) is 30.9 Å². The van der Waals surface area contributed by atoms with Crippen LogP contribution in [0, 0.1) is 19.8 Å². The monoisotopic (exact) mass is 569 g/mol. The van der Waals surface area contributed by atoms with E-state index in [4.69, 9.17) is 9.26 Å². The molecule has 0 aliphatic carbocycles. The number of nitrogens with one attached hydrogen (secondary N) is 2. The molecule has 15 heteroatoms. The predicted octanol–water partition coefficient (Wildman–Crippen LogP) is 1.23. The molecule has 0 fully saturated rings. The number of aliphatic hydroxyl groups is 1. The normalized spacial score (nSPS) is 17.9. The summed E-state index contributed by atoms with van der Waals surface area (Å²) in [6.07, 6.45) is 0.826. The van der Waals surface area contributed by atoms with Crippen molar-refractivity contribution in [2.45, 2.75) is 52.8 Å². The van der Waals surface area contributed by atoms with Crippen molar-refractivity contribution >= 4 is 29.2 Å². The topological polar surface area (TPSA) is 181 Å². The summed E-state index contributed by atoms with van der Waals surface area (Å²) in [5.74, 6) is 0.222. The van der Waals surface area contributed by atoms with Gasteiger partial charge < -0.3 is 34.8 Å². The summed E-state index contributed by atoms with van der Waals surface area (Å²) < 4.78 is 12.9. The molecule has 0 saturated carbocycles. The van der Waals surface area contributed by atoms with Gasteiger partial charge in [0.15, 0.2) is 5.76 Å². The van der Waals surface area contributed by atoms with Crippen molar-refractivity contribution in [1.29, 1.82) is 0 Å². The summed E-state index contributed by atoms with van der Waals surface area (Å²) in [4.78, 5) is 42.1. The van der Waals surface area contributed by atoms with Crippen molar-refractivity contribution in [2.24, 2.45) is 5.92 Å². The first-order valence-electron chi connectivity index (χ1n) is 13.2. The number of ether oxygens (including phenoxy) is 1. The quantitative estimate of drug-likeness (QED) is 0.357. The van der Waals surface area contributed by atoms with Crippen LogP contribution < -0.4 is 15.4 Å². The molecule has 0 bridgehead atoms. The maximum absolute atomic E-state index is 13.4. The van der Waals surface area contributed by atoms with E-state index in [0.29, 0.717) is 40.7 Å². The summed E-state index contributed by atoms with van der Waals surface area (Å²) in [6, 6.07) is 4.28. The van der Waals surface area contributed by atoms with Gasteiger partial charge in [-0.1, -0.05) is 12.1 Å². The number of aliphatic hydroxyl groups excluding tert-OH is 1. The summed E-state index contributed by atoms with van der Waals surface area (Å²) in [6.45, 7) is 7.40. The third-order valence-electron chi connectivity index (χ3n) is 6.96. The van der Waals surface area contributed by atoms with E-state index in [9.17, 15) is 19.5 Å². The summed E-state index contributed by atoms with van der Waals surface area (Å²) in [5.41, 5.74) is 2.11. The van der Waals surface area contributed by atoms with E-state index in [1.54, 1.807) is 50.9 Å². The molecule has 1 aliphatic rings. The number of fused-ring (bicyclic) bond motifs is 1. The first-order valence-corrected chi connectivity index (χ1v) is 13.2. The van der Waals surface area contributed by atoms with Gasteiger partial charge in [-0.25, -0.2) is 9.48 Å². The Morgan fingerprint density at radius 1 is 1.27 bits per heavy atom. The minimum absolute atomic E-state index is 0.00180. The van der Waals surface area contributed by atoms with Crippen LogP contribution >= 0.6 is 0 Å². The molecule has 15 nitrogen and oxygen atoms in total. The van der Waals surface area contributed by atoms with E-state index in [-0.39, 0.29) is 49.9 Å². The smallest absolute Gasteiger partial charge is 0.321 e. The second kappa shape index (κ2) is 12.8. The molecule has 0 spiro atoms. The summed E-state index contributed by atoms with van der Waals surface area (Å²) >= 11 is 0. The summed E-state index contributed by atoms with van der Waals surface area (Å²) in [7, 11) is 1.65. The molecule has 4 amide bonds. The maximum Gasteiger partial charge on any atom is 0.321 e. The molecule has 0 saturated heterocycles. The third-order valence-corrected chi connectivity index (χ3v) is 6.96. The number of rotatable bonds is 8. The number of tetrazole rings is 1. The van der Waals surface area contributed by atoms with Gasteiger partial charge in [-0.3, -0.25) is 9.59 Å². The molecule has 4 rings (SSSR count). The second-order valence-corrected chi connectivity index (χ2v) is 10.3. The molecule has 1 aromatic carbocycles. The zero-order valence-electron chi connectivity index (χ0n) is 23.7. The predicted molar refractivity (Wildman–Crippen MR) is 146 cm³/mol. The van der Waals surface area contributed by atoms with Crippen molar-refractivity contribution in [2.75, 3.05) is 37.4 Å². The maximum atomic E-state index is 13.4. The molecule has 41 heavy (non-hydrogen) atoms. The third kappa shape index (κ3) is 7.16. The van der Waals surface area contributed by atoms with Crippen LogP contribution in [0.15, 0.2) is 29.0 Å². The van der Waals surface area contributed by atoms with E-state index in [2.05, 4.69) is 31.3 Å². The minimum atomic E-state index is -0.506. The lowest BCUT2D eigenvalue weighted by Gasteiger charge is -2.34. The number of aryl methyl sites for hydroxylation is 2. The lowest BCUT2D eigenvalue weighted by Crippen LogP contribution is -2.48. The Morgan fingerprint density at radius 2 is 2.05 bits per heavy atom. The average molecular weight is 570 g/mol. The van der Waals surface area contributed by atoms with Crippen LogP contribution in [-0.4, -0.2) is 97.0 Å². The zero-order valence-corrected chi connectivity index (χ0v) is 23.7. The van der Waals surface area contributed by atoms with Gasteiger partial charge in [-0.05, 0) is 49.4 Å².